The highest BCUT2D eigenvalue weighted by Gasteiger charge is 2.70. The lowest BCUT2D eigenvalue weighted by atomic mass is 9.38. The third-order valence-electron chi connectivity index (χ3n) is 22.9. The van der Waals surface area contributed by atoms with E-state index in [-0.39, 0.29) is 40.9 Å². The molecule has 0 aromatic rings. The molecule has 9 rings (SSSR count). The monoisotopic (exact) mass is 1290 g/mol. The Morgan fingerprint density at radius 2 is 0.955 bits per heavy atom. The maximum absolute atomic E-state index is 12.8. The maximum Gasteiger partial charge on any atom is 0.187 e. The third-order valence-corrected chi connectivity index (χ3v) is 22.9. The number of hydrogen-bond donors (Lipinski definition) is 19. The number of ether oxygens (including phenoxy) is 10. The van der Waals surface area contributed by atoms with E-state index >= 15 is 0 Å². The summed E-state index contributed by atoms with van der Waals surface area (Å²) in [6, 6.07) is 0. The molecule has 0 amide bonds. The summed E-state index contributed by atoms with van der Waals surface area (Å²) in [5, 5.41) is 205. The van der Waals surface area contributed by atoms with E-state index < -0.39 is 221 Å². The van der Waals surface area contributed by atoms with Crippen LogP contribution in [-0.2, 0) is 47.4 Å². The zero-order valence-electron chi connectivity index (χ0n) is 51.8. The lowest BCUT2D eigenvalue weighted by Crippen LogP contribution is -2.65. The van der Waals surface area contributed by atoms with Gasteiger partial charge in [0.2, 0.25) is 0 Å². The van der Waals surface area contributed by atoms with Gasteiger partial charge in [-0.15, -0.1) is 0 Å². The van der Waals surface area contributed by atoms with Crippen LogP contribution in [0.2, 0.25) is 0 Å². The van der Waals surface area contributed by atoms with E-state index in [1.807, 2.05) is 13.8 Å². The quantitative estimate of drug-likeness (QED) is 0.0506. The number of fused-ring (bicyclic) bond motifs is 5. The van der Waals surface area contributed by atoms with Gasteiger partial charge in [-0.1, -0.05) is 53.2 Å². The summed E-state index contributed by atoms with van der Waals surface area (Å²) >= 11 is 0. The average Bonchev–Trinajstić information content (AvgIpc) is 1.66. The maximum atomic E-state index is 12.8. The standard InChI is InChI=1S/C60H102O29/c1-23(9-13-35(57(4,5)79)88-55-50(45(74)38(67)29(20-63)84-55)89-54-49(78)42(71)37(66)28(19-62)83-54)24-15-16-58(6)32-12-10-25-26(60(32,8)33(64)17-59(24,58)7)11-14-34(56(25,2)3)87-53-48(77)44(73)40(69)31(86-53)22-81-52-47(76)43(72)39(68)30(85-52)21-80-51-46(75)41(70)36(65)27(18-61)82-51/h10,23-24,26-55,61-79H,9,11-22H2,1-8H3/t23-,24?,26?,27-,28?,29-,30-,31-,32?,33-,34+,35-,36-,37-,38-,39-,40-,41+,42+,43+,44+,45+,46-,47-,48-,49-,50-,51-,52-,53+,54+,55+,58+,59-,60+/m1/s1. The molecule has 0 bridgehead atoms. The third kappa shape index (κ3) is 13.1. The van der Waals surface area contributed by atoms with Crippen molar-refractivity contribution in [3.05, 3.63) is 11.6 Å². The van der Waals surface area contributed by atoms with E-state index in [2.05, 4.69) is 33.8 Å². The molecule has 0 aromatic carbocycles. The second kappa shape index (κ2) is 27.6. The van der Waals surface area contributed by atoms with Gasteiger partial charge in [0.25, 0.3) is 0 Å². The Hall–Kier alpha value is -1.42. The highest BCUT2D eigenvalue weighted by Crippen LogP contribution is 2.75. The first-order chi connectivity index (χ1) is 41.6. The molecule has 5 heterocycles. The van der Waals surface area contributed by atoms with E-state index in [4.69, 9.17) is 47.4 Å². The number of rotatable bonds is 20. The van der Waals surface area contributed by atoms with Gasteiger partial charge in [0.1, 0.15) is 122 Å². The number of allylic oxidation sites excluding steroid dienone is 1. The van der Waals surface area contributed by atoms with Crippen molar-refractivity contribution in [3.63, 3.8) is 0 Å². The minimum absolute atomic E-state index is 0.0182. The van der Waals surface area contributed by atoms with Crippen molar-refractivity contribution in [2.45, 2.75) is 284 Å². The van der Waals surface area contributed by atoms with Crippen LogP contribution in [0, 0.1) is 45.3 Å². The van der Waals surface area contributed by atoms with Crippen molar-refractivity contribution in [3.8, 4) is 0 Å². The topological polar surface area (TPSA) is 477 Å². The Bertz CT molecular complexity index is 2350. The van der Waals surface area contributed by atoms with Crippen LogP contribution in [0.5, 0.6) is 0 Å². The predicted molar refractivity (Wildman–Crippen MR) is 300 cm³/mol. The molecule has 4 unspecified atom stereocenters. The van der Waals surface area contributed by atoms with Gasteiger partial charge in [0.05, 0.1) is 56.9 Å². The van der Waals surface area contributed by atoms with Crippen LogP contribution in [0.25, 0.3) is 0 Å². The van der Waals surface area contributed by atoms with Crippen LogP contribution in [0.3, 0.4) is 0 Å². The number of hydrogen-bond acceptors (Lipinski definition) is 29. The molecule has 8 fully saturated rings. The summed E-state index contributed by atoms with van der Waals surface area (Å²) in [5.74, 6) is 0.0910. The molecule has 5 aliphatic heterocycles. The first-order valence-corrected chi connectivity index (χ1v) is 31.6. The fourth-order valence-electron chi connectivity index (χ4n) is 17.0. The Morgan fingerprint density at radius 1 is 0.517 bits per heavy atom. The molecule has 4 aliphatic carbocycles. The van der Waals surface area contributed by atoms with E-state index in [0.29, 0.717) is 32.1 Å². The van der Waals surface area contributed by atoms with Crippen molar-refractivity contribution in [1.29, 1.82) is 0 Å². The van der Waals surface area contributed by atoms with E-state index in [0.717, 1.165) is 18.4 Å². The summed E-state index contributed by atoms with van der Waals surface area (Å²) in [4.78, 5) is 0. The van der Waals surface area contributed by atoms with Crippen LogP contribution < -0.4 is 0 Å². The summed E-state index contributed by atoms with van der Waals surface area (Å²) in [7, 11) is 0. The van der Waals surface area contributed by atoms with Crippen LogP contribution >= 0.6 is 0 Å². The van der Waals surface area contributed by atoms with Crippen molar-refractivity contribution in [2.24, 2.45) is 45.3 Å². The number of aliphatic hydroxyl groups excluding tert-OH is 18. The SMILES string of the molecule is C[C@H](CC[C@@H](O[C@@H]1O[C@H](CO)[C@@H](O)[C@H](O)[C@H]1O[C@@H]1OC(CO)[C@@H](O)[C@H](O)[C@H]1O)C(C)(C)O)C1CC[C@@]2(C)C3CC=C4C(CC[C@H](O[C@@H]5O[C@H](CO[C@@H]6O[C@H](CO[C@@H]7O[C@H](CO)[C@@H](O)[C@H](O)[C@H]7O)[C@@H](O)[C@H](O)[C@H]6O)[C@@H](O)[C@H](O)[C@H]5O)C4(C)C)[C@]3(C)[C@H](O)C[C@]12C. The molecule has 0 aromatic heterocycles. The Balaban J connectivity index is 0.839. The highest BCUT2D eigenvalue weighted by molar-refractivity contribution is 5.32. The van der Waals surface area contributed by atoms with Crippen LogP contribution in [0.4, 0.5) is 0 Å². The molecular formula is C60H102O29. The minimum atomic E-state index is -1.87. The van der Waals surface area contributed by atoms with E-state index in [1.54, 1.807) is 13.8 Å². The van der Waals surface area contributed by atoms with Crippen LogP contribution in [-0.4, -0.2) is 308 Å². The summed E-state index contributed by atoms with van der Waals surface area (Å²) in [5.41, 5.74) is -2.36. The van der Waals surface area contributed by atoms with Gasteiger partial charge in [0, 0.05) is 10.8 Å². The Morgan fingerprint density at radius 3 is 1.46 bits per heavy atom. The van der Waals surface area contributed by atoms with Crippen molar-refractivity contribution < 1.29 is 144 Å². The van der Waals surface area contributed by atoms with Gasteiger partial charge in [-0.3, -0.25) is 0 Å². The van der Waals surface area contributed by atoms with Crippen molar-refractivity contribution >= 4 is 0 Å². The van der Waals surface area contributed by atoms with Crippen molar-refractivity contribution in [2.75, 3.05) is 33.0 Å². The molecular weight excluding hydrogens is 1180 g/mol. The molecule has 29 heteroatoms. The molecule has 0 spiro atoms. The molecule has 5 saturated heterocycles. The van der Waals surface area contributed by atoms with Gasteiger partial charge in [-0.25, -0.2) is 0 Å². The largest absolute Gasteiger partial charge is 0.394 e. The number of aliphatic hydroxyl groups is 19. The first kappa shape index (κ1) is 71.9. The lowest BCUT2D eigenvalue weighted by molar-refractivity contribution is -0.375. The van der Waals surface area contributed by atoms with Gasteiger partial charge in [-0.2, -0.15) is 0 Å². The molecule has 29 nitrogen and oxygen atoms in total. The molecule has 19 N–H and O–H groups in total. The summed E-state index contributed by atoms with van der Waals surface area (Å²) in [6.45, 7) is 12.7. The highest BCUT2D eigenvalue weighted by atomic mass is 16.8. The Kier molecular flexibility index (Phi) is 22.3. The normalized spacial score (nSPS) is 51.8. The van der Waals surface area contributed by atoms with Crippen LogP contribution in [0.15, 0.2) is 11.6 Å². The minimum Gasteiger partial charge on any atom is -0.394 e. The van der Waals surface area contributed by atoms with Gasteiger partial charge < -0.3 is 144 Å². The van der Waals surface area contributed by atoms with Gasteiger partial charge in [0.15, 0.2) is 31.5 Å². The van der Waals surface area contributed by atoms with Gasteiger partial charge >= 0.3 is 0 Å². The van der Waals surface area contributed by atoms with E-state index in [1.165, 1.54) is 0 Å². The smallest absolute Gasteiger partial charge is 0.187 e. The first-order valence-electron chi connectivity index (χ1n) is 31.6. The predicted octanol–water partition coefficient (Wildman–Crippen LogP) is -5.41. The average molecular weight is 1290 g/mol. The molecule has 0 radical (unpaired) electrons. The molecule has 516 valence electrons. The lowest BCUT2D eigenvalue weighted by Gasteiger charge is -2.67. The fourth-order valence-corrected chi connectivity index (χ4v) is 17.0. The second-order valence-corrected chi connectivity index (χ2v) is 28.7. The Labute approximate surface area is 517 Å². The fraction of sp³-hybridized carbons (Fsp3) is 0.967. The summed E-state index contributed by atoms with van der Waals surface area (Å²) < 4.78 is 59.0. The van der Waals surface area contributed by atoms with Crippen molar-refractivity contribution in [1.82, 2.24) is 0 Å². The zero-order chi connectivity index (χ0) is 65.5. The zero-order valence-corrected chi connectivity index (χ0v) is 51.8. The molecule has 9 aliphatic rings. The van der Waals surface area contributed by atoms with Crippen LogP contribution in [0.1, 0.15) is 107 Å². The molecule has 35 atom stereocenters. The summed E-state index contributed by atoms with van der Waals surface area (Å²) in [6.07, 6.45) is -36.9. The molecule has 3 saturated carbocycles. The second-order valence-electron chi connectivity index (χ2n) is 28.7. The van der Waals surface area contributed by atoms with E-state index in [9.17, 15) is 97.0 Å². The molecule has 89 heavy (non-hydrogen) atoms. The van der Waals surface area contributed by atoms with Gasteiger partial charge in [-0.05, 0) is 99.7 Å².